The maximum absolute atomic E-state index is 14.2. The molecule has 0 spiro atoms. The highest BCUT2D eigenvalue weighted by Crippen LogP contribution is 2.23. The molecule has 0 bridgehead atoms. The first-order valence-electron chi connectivity index (χ1n) is 7.70. The van der Waals surface area contributed by atoms with E-state index in [1.54, 1.807) is 51.1 Å². The van der Waals surface area contributed by atoms with Crippen LogP contribution in [0.3, 0.4) is 0 Å². The molecular weight excluding hydrogens is 345 g/mol. The first kappa shape index (κ1) is 18.9. The predicted molar refractivity (Wildman–Crippen MR) is 95.9 cm³/mol. The van der Waals surface area contributed by atoms with E-state index >= 15 is 0 Å². The van der Waals surface area contributed by atoms with E-state index in [-0.39, 0.29) is 10.6 Å². The highest BCUT2D eigenvalue weighted by molar-refractivity contribution is 6.33. The SMILES string of the molecule is CC(C)(C)OC(=O)Nc1ccc(Cc2ccc(Cl)c(C=O)c2F)cc1. The summed E-state index contributed by atoms with van der Waals surface area (Å²) in [5.74, 6) is -0.613. The Kier molecular flexibility index (Phi) is 5.80. The number of ether oxygens (including phenoxy) is 1. The van der Waals surface area contributed by atoms with E-state index in [1.807, 2.05) is 0 Å². The lowest BCUT2D eigenvalue weighted by Crippen LogP contribution is -2.27. The number of aldehydes is 1. The van der Waals surface area contributed by atoms with Gasteiger partial charge in [-0.15, -0.1) is 0 Å². The highest BCUT2D eigenvalue weighted by Gasteiger charge is 2.16. The Morgan fingerprint density at radius 2 is 1.84 bits per heavy atom. The zero-order valence-electron chi connectivity index (χ0n) is 14.2. The first-order valence-corrected chi connectivity index (χ1v) is 8.08. The van der Waals surface area contributed by atoms with Crippen molar-refractivity contribution in [3.05, 3.63) is 63.9 Å². The van der Waals surface area contributed by atoms with Crippen LogP contribution in [-0.2, 0) is 11.2 Å². The smallest absolute Gasteiger partial charge is 0.412 e. The molecule has 6 heteroatoms. The lowest BCUT2D eigenvalue weighted by atomic mass is 10.0. The quantitative estimate of drug-likeness (QED) is 0.757. The van der Waals surface area contributed by atoms with Crippen LogP contribution in [0.25, 0.3) is 0 Å². The molecule has 0 aliphatic carbocycles. The van der Waals surface area contributed by atoms with E-state index in [0.29, 0.717) is 24.0 Å². The Hall–Kier alpha value is -2.40. The molecule has 0 heterocycles. The first-order chi connectivity index (χ1) is 11.7. The Balaban J connectivity index is 2.09. The summed E-state index contributed by atoms with van der Waals surface area (Å²) in [7, 11) is 0. The normalized spacial score (nSPS) is 11.1. The van der Waals surface area contributed by atoms with Crippen LogP contribution in [0.2, 0.25) is 5.02 Å². The molecule has 0 aliphatic rings. The molecule has 0 unspecified atom stereocenters. The van der Waals surface area contributed by atoms with E-state index in [2.05, 4.69) is 5.32 Å². The molecule has 0 radical (unpaired) electrons. The van der Waals surface area contributed by atoms with Gasteiger partial charge < -0.3 is 4.74 Å². The zero-order chi connectivity index (χ0) is 18.6. The molecule has 1 amide bonds. The summed E-state index contributed by atoms with van der Waals surface area (Å²) in [5.41, 5.74) is 1.06. The van der Waals surface area contributed by atoms with Crippen LogP contribution in [-0.4, -0.2) is 18.0 Å². The van der Waals surface area contributed by atoms with Crippen molar-refractivity contribution < 1.29 is 18.7 Å². The Labute approximate surface area is 150 Å². The standard InChI is InChI=1S/C19H19ClFNO3/c1-19(2,3)25-18(24)22-14-7-4-12(5-8-14)10-13-6-9-16(20)15(11-23)17(13)21/h4-9,11H,10H2,1-3H3,(H,22,24). The second kappa shape index (κ2) is 7.66. The number of rotatable bonds is 4. The van der Waals surface area contributed by atoms with E-state index in [9.17, 15) is 14.0 Å². The van der Waals surface area contributed by atoms with Crippen LogP contribution in [0.5, 0.6) is 0 Å². The second-order valence-corrected chi connectivity index (χ2v) is 6.96. The van der Waals surface area contributed by atoms with E-state index in [1.165, 1.54) is 6.07 Å². The average Bonchev–Trinajstić information content (AvgIpc) is 2.50. The number of carbonyl (C=O) groups excluding carboxylic acids is 2. The number of hydrogen-bond acceptors (Lipinski definition) is 3. The Bertz CT molecular complexity index is 782. The molecule has 132 valence electrons. The number of nitrogens with one attached hydrogen (secondary N) is 1. The van der Waals surface area contributed by atoms with Crippen LogP contribution in [0.1, 0.15) is 42.3 Å². The number of carbonyl (C=O) groups is 2. The lowest BCUT2D eigenvalue weighted by Gasteiger charge is -2.19. The van der Waals surface area contributed by atoms with Gasteiger partial charge in [-0.2, -0.15) is 0 Å². The molecule has 0 saturated carbocycles. The number of anilines is 1. The monoisotopic (exact) mass is 363 g/mol. The number of hydrogen-bond donors (Lipinski definition) is 1. The third-order valence-corrected chi connectivity index (χ3v) is 3.65. The van der Waals surface area contributed by atoms with Gasteiger partial charge in [-0.1, -0.05) is 29.8 Å². The zero-order valence-corrected chi connectivity index (χ0v) is 15.0. The minimum atomic E-state index is -0.613. The summed E-state index contributed by atoms with van der Waals surface area (Å²) in [6.07, 6.45) is 0.172. The number of halogens is 2. The number of benzene rings is 2. The van der Waals surface area contributed by atoms with Crippen LogP contribution in [0, 0.1) is 5.82 Å². The van der Waals surface area contributed by atoms with Crippen molar-refractivity contribution in [2.24, 2.45) is 0 Å². The van der Waals surface area contributed by atoms with Crippen molar-refractivity contribution in [1.29, 1.82) is 0 Å². The molecule has 4 nitrogen and oxygen atoms in total. The highest BCUT2D eigenvalue weighted by atomic mass is 35.5. The topological polar surface area (TPSA) is 55.4 Å². The maximum Gasteiger partial charge on any atom is 0.412 e. The van der Waals surface area contributed by atoms with Crippen molar-refractivity contribution in [2.75, 3.05) is 5.32 Å². The summed E-state index contributed by atoms with van der Waals surface area (Å²) in [6, 6.07) is 9.99. The molecule has 0 saturated heterocycles. The van der Waals surface area contributed by atoms with Crippen molar-refractivity contribution in [1.82, 2.24) is 0 Å². The molecule has 0 aromatic heterocycles. The van der Waals surface area contributed by atoms with Gasteiger partial charge in [-0.05, 0) is 50.1 Å². The lowest BCUT2D eigenvalue weighted by molar-refractivity contribution is 0.0636. The summed E-state index contributed by atoms with van der Waals surface area (Å²) < 4.78 is 19.4. The van der Waals surface area contributed by atoms with Gasteiger partial charge in [0.15, 0.2) is 6.29 Å². The molecular formula is C19H19ClFNO3. The van der Waals surface area contributed by atoms with Crippen molar-refractivity contribution in [3.8, 4) is 0 Å². The fourth-order valence-corrected chi connectivity index (χ4v) is 2.40. The molecule has 2 aromatic carbocycles. The fraction of sp³-hybridized carbons (Fsp3) is 0.263. The minimum absolute atomic E-state index is 0.0909. The van der Waals surface area contributed by atoms with Crippen molar-refractivity contribution >= 4 is 29.7 Å². The fourth-order valence-electron chi connectivity index (χ4n) is 2.21. The van der Waals surface area contributed by atoms with E-state index in [4.69, 9.17) is 16.3 Å². The van der Waals surface area contributed by atoms with Crippen molar-refractivity contribution in [2.45, 2.75) is 32.8 Å². The minimum Gasteiger partial charge on any atom is -0.444 e. The average molecular weight is 364 g/mol. The van der Waals surface area contributed by atoms with Gasteiger partial charge in [0.05, 0.1) is 10.6 Å². The van der Waals surface area contributed by atoms with Gasteiger partial charge in [-0.3, -0.25) is 10.1 Å². The van der Waals surface area contributed by atoms with Gasteiger partial charge in [-0.25, -0.2) is 9.18 Å². The number of amides is 1. The molecule has 25 heavy (non-hydrogen) atoms. The van der Waals surface area contributed by atoms with Crippen LogP contribution in [0.15, 0.2) is 36.4 Å². The maximum atomic E-state index is 14.2. The van der Waals surface area contributed by atoms with Crippen LogP contribution < -0.4 is 5.32 Å². The third kappa shape index (κ3) is 5.29. The van der Waals surface area contributed by atoms with Crippen LogP contribution in [0.4, 0.5) is 14.9 Å². The summed E-state index contributed by atoms with van der Waals surface area (Å²) in [6.45, 7) is 5.35. The summed E-state index contributed by atoms with van der Waals surface area (Å²) in [5, 5.41) is 2.72. The van der Waals surface area contributed by atoms with E-state index in [0.717, 1.165) is 5.56 Å². The molecule has 1 N–H and O–H groups in total. The van der Waals surface area contributed by atoms with Gasteiger partial charge in [0.25, 0.3) is 0 Å². The Morgan fingerprint density at radius 1 is 1.20 bits per heavy atom. The molecule has 0 fully saturated rings. The predicted octanol–water partition coefficient (Wildman–Crippen LogP) is 5.23. The molecule has 0 aliphatic heterocycles. The second-order valence-electron chi connectivity index (χ2n) is 6.55. The summed E-state index contributed by atoms with van der Waals surface area (Å²) in [4.78, 5) is 22.6. The van der Waals surface area contributed by atoms with Gasteiger partial charge >= 0.3 is 6.09 Å². The van der Waals surface area contributed by atoms with Crippen molar-refractivity contribution in [3.63, 3.8) is 0 Å². The van der Waals surface area contributed by atoms with Gasteiger partial charge in [0.2, 0.25) is 0 Å². The molecule has 2 rings (SSSR count). The van der Waals surface area contributed by atoms with Crippen LogP contribution >= 0.6 is 11.6 Å². The van der Waals surface area contributed by atoms with Gasteiger partial charge in [0, 0.05) is 12.1 Å². The summed E-state index contributed by atoms with van der Waals surface area (Å²) >= 11 is 5.80. The Morgan fingerprint density at radius 3 is 2.40 bits per heavy atom. The molecule has 2 aromatic rings. The molecule has 0 atom stereocenters. The van der Waals surface area contributed by atoms with Gasteiger partial charge in [0.1, 0.15) is 11.4 Å². The largest absolute Gasteiger partial charge is 0.444 e. The van der Waals surface area contributed by atoms with E-state index < -0.39 is 17.5 Å². The third-order valence-electron chi connectivity index (χ3n) is 3.32.